The van der Waals surface area contributed by atoms with Crippen LogP contribution in [-0.4, -0.2) is 30.7 Å². The number of hydrogen-bond donors (Lipinski definition) is 0. The summed E-state index contributed by atoms with van der Waals surface area (Å²) in [6.45, 7) is 0. The quantitative estimate of drug-likeness (QED) is 0.620. The van der Waals surface area contributed by atoms with Gasteiger partial charge >= 0.3 is 0 Å². The topological polar surface area (TPSA) is 37.4 Å². The molecule has 2 rings (SSSR count). The van der Waals surface area contributed by atoms with Crippen molar-refractivity contribution in [3.63, 3.8) is 0 Å². The van der Waals surface area contributed by atoms with Gasteiger partial charge in [0, 0.05) is 23.8 Å². The second kappa shape index (κ2) is 4.47. The summed E-state index contributed by atoms with van der Waals surface area (Å²) in [5.41, 5.74) is 0. The Balaban J connectivity index is 2.43. The van der Waals surface area contributed by atoms with Crippen molar-refractivity contribution in [3.8, 4) is 0 Å². The van der Waals surface area contributed by atoms with Crippen LogP contribution in [0.15, 0.2) is 24.3 Å². The number of nitrogens with zero attached hydrogens (tertiary/aromatic N) is 1. The molecule has 3 nitrogen and oxygen atoms in total. The van der Waals surface area contributed by atoms with E-state index in [0.29, 0.717) is 9.90 Å². The van der Waals surface area contributed by atoms with Gasteiger partial charge in [0.1, 0.15) is 0 Å². The summed E-state index contributed by atoms with van der Waals surface area (Å²) in [4.78, 5) is 25.1. The van der Waals surface area contributed by atoms with E-state index >= 15 is 0 Å². The van der Waals surface area contributed by atoms with Crippen LogP contribution in [0.1, 0.15) is 9.67 Å². The SMILES string of the molecule is CN(C)C(=O)C(=O)c1cc2ccc(Cl)cc2s1. The number of halogens is 1. The Morgan fingerprint density at radius 1 is 1.24 bits per heavy atom. The highest BCUT2D eigenvalue weighted by atomic mass is 35.5. The van der Waals surface area contributed by atoms with E-state index in [1.54, 1.807) is 32.3 Å². The van der Waals surface area contributed by atoms with E-state index in [2.05, 4.69) is 0 Å². The normalized spacial score (nSPS) is 10.5. The third-order valence-electron chi connectivity index (χ3n) is 2.31. The first-order valence-electron chi connectivity index (χ1n) is 4.94. The number of benzene rings is 1. The molecule has 1 aromatic heterocycles. The van der Waals surface area contributed by atoms with Gasteiger partial charge in [-0.3, -0.25) is 9.59 Å². The first kappa shape index (κ1) is 12.1. The number of thiophene rings is 1. The minimum Gasteiger partial charge on any atom is -0.342 e. The Bertz CT molecular complexity index is 604. The molecule has 0 unspecified atom stereocenters. The highest BCUT2D eigenvalue weighted by Gasteiger charge is 2.20. The van der Waals surface area contributed by atoms with Gasteiger partial charge in [-0.15, -0.1) is 11.3 Å². The van der Waals surface area contributed by atoms with Gasteiger partial charge in [0.2, 0.25) is 0 Å². The van der Waals surface area contributed by atoms with Crippen LogP contribution in [0.25, 0.3) is 10.1 Å². The first-order valence-corrected chi connectivity index (χ1v) is 6.13. The highest BCUT2D eigenvalue weighted by molar-refractivity contribution is 7.21. The van der Waals surface area contributed by atoms with Gasteiger partial charge in [-0.05, 0) is 23.6 Å². The van der Waals surface area contributed by atoms with E-state index in [0.717, 1.165) is 10.1 Å². The third kappa shape index (κ3) is 2.33. The summed E-state index contributed by atoms with van der Waals surface area (Å²) in [5.74, 6) is -0.991. The molecule has 0 aliphatic carbocycles. The summed E-state index contributed by atoms with van der Waals surface area (Å²) in [7, 11) is 3.12. The Labute approximate surface area is 108 Å². The molecule has 0 saturated heterocycles. The van der Waals surface area contributed by atoms with Gasteiger partial charge in [0.25, 0.3) is 11.7 Å². The lowest BCUT2D eigenvalue weighted by atomic mass is 10.2. The lowest BCUT2D eigenvalue weighted by Crippen LogP contribution is -2.29. The number of rotatable bonds is 2. The Morgan fingerprint density at radius 3 is 2.59 bits per heavy atom. The largest absolute Gasteiger partial charge is 0.342 e. The maximum absolute atomic E-state index is 11.8. The van der Waals surface area contributed by atoms with Crippen molar-refractivity contribution in [2.75, 3.05) is 14.1 Å². The molecule has 0 N–H and O–H groups in total. The van der Waals surface area contributed by atoms with Crippen molar-refractivity contribution in [1.82, 2.24) is 4.90 Å². The standard InChI is InChI=1S/C12H10ClNO2S/c1-14(2)12(16)11(15)10-5-7-3-4-8(13)6-9(7)17-10/h3-6H,1-2H3. The van der Waals surface area contributed by atoms with Crippen LogP contribution in [0.2, 0.25) is 5.02 Å². The zero-order valence-electron chi connectivity index (χ0n) is 9.36. The van der Waals surface area contributed by atoms with Crippen LogP contribution in [0.3, 0.4) is 0 Å². The van der Waals surface area contributed by atoms with Gasteiger partial charge < -0.3 is 4.90 Å². The first-order chi connectivity index (χ1) is 7.99. The van der Waals surface area contributed by atoms with Crippen molar-refractivity contribution in [3.05, 3.63) is 34.2 Å². The van der Waals surface area contributed by atoms with Crippen molar-refractivity contribution in [2.24, 2.45) is 0 Å². The molecule has 0 radical (unpaired) electrons. The number of carbonyl (C=O) groups excluding carboxylic acids is 2. The molecule has 1 amide bonds. The summed E-state index contributed by atoms with van der Waals surface area (Å²) >= 11 is 7.15. The van der Waals surface area contributed by atoms with Crippen molar-refractivity contribution in [1.29, 1.82) is 0 Å². The van der Waals surface area contributed by atoms with Gasteiger partial charge in [-0.2, -0.15) is 0 Å². The minimum atomic E-state index is -0.511. The fourth-order valence-electron chi connectivity index (χ4n) is 1.43. The highest BCUT2D eigenvalue weighted by Crippen LogP contribution is 2.28. The summed E-state index contributed by atoms with van der Waals surface area (Å²) in [5, 5.41) is 1.55. The second-order valence-electron chi connectivity index (χ2n) is 3.82. The fourth-order valence-corrected chi connectivity index (χ4v) is 2.70. The van der Waals surface area contributed by atoms with Crippen LogP contribution in [0, 0.1) is 0 Å². The molecule has 5 heteroatoms. The van der Waals surface area contributed by atoms with E-state index in [1.807, 2.05) is 6.07 Å². The maximum Gasteiger partial charge on any atom is 0.295 e. The molecule has 0 aliphatic heterocycles. The van der Waals surface area contributed by atoms with Gasteiger partial charge in [-0.25, -0.2) is 0 Å². The molecular formula is C12H10ClNO2S. The number of hydrogen-bond acceptors (Lipinski definition) is 3. The van der Waals surface area contributed by atoms with E-state index in [4.69, 9.17) is 11.6 Å². The van der Waals surface area contributed by atoms with Crippen molar-refractivity contribution in [2.45, 2.75) is 0 Å². The average Bonchev–Trinajstić information content (AvgIpc) is 2.69. The Kier molecular flexibility index (Phi) is 3.17. The van der Waals surface area contributed by atoms with E-state index in [-0.39, 0.29) is 0 Å². The number of fused-ring (bicyclic) bond motifs is 1. The number of Topliss-reactive ketones (excluding diaryl/α,β-unsaturated/α-hetero) is 1. The average molecular weight is 268 g/mol. The van der Waals surface area contributed by atoms with E-state index < -0.39 is 11.7 Å². The number of carbonyl (C=O) groups is 2. The molecule has 1 heterocycles. The van der Waals surface area contributed by atoms with Gasteiger partial charge in [0.05, 0.1) is 4.88 Å². The molecule has 1 aromatic carbocycles. The zero-order chi connectivity index (χ0) is 12.6. The smallest absolute Gasteiger partial charge is 0.295 e. The lowest BCUT2D eigenvalue weighted by molar-refractivity contribution is -0.124. The second-order valence-corrected chi connectivity index (χ2v) is 5.34. The summed E-state index contributed by atoms with van der Waals surface area (Å²) in [6.07, 6.45) is 0. The van der Waals surface area contributed by atoms with E-state index in [9.17, 15) is 9.59 Å². The van der Waals surface area contributed by atoms with E-state index in [1.165, 1.54) is 16.2 Å². The lowest BCUT2D eigenvalue weighted by Gasteiger charge is -2.06. The summed E-state index contributed by atoms with van der Waals surface area (Å²) in [6, 6.07) is 7.11. The number of ketones is 1. The van der Waals surface area contributed by atoms with Gasteiger partial charge in [-0.1, -0.05) is 17.7 Å². The molecule has 17 heavy (non-hydrogen) atoms. The maximum atomic E-state index is 11.8. The molecule has 0 spiro atoms. The van der Waals surface area contributed by atoms with Crippen molar-refractivity contribution >= 4 is 44.7 Å². The third-order valence-corrected chi connectivity index (χ3v) is 3.64. The number of amides is 1. The fraction of sp³-hybridized carbons (Fsp3) is 0.167. The Hall–Kier alpha value is -1.39. The number of likely N-dealkylation sites (N-methyl/N-ethyl adjacent to an activating group) is 1. The molecule has 0 saturated carbocycles. The predicted molar refractivity (Wildman–Crippen MR) is 69.9 cm³/mol. The van der Waals surface area contributed by atoms with Crippen LogP contribution in [-0.2, 0) is 4.79 Å². The predicted octanol–water partition coefficient (Wildman–Crippen LogP) is 2.83. The van der Waals surface area contributed by atoms with Crippen LogP contribution in [0.4, 0.5) is 0 Å². The minimum absolute atomic E-state index is 0.445. The molecule has 0 aliphatic rings. The molecule has 0 atom stereocenters. The van der Waals surface area contributed by atoms with Crippen LogP contribution >= 0.6 is 22.9 Å². The molecular weight excluding hydrogens is 258 g/mol. The summed E-state index contributed by atoms with van der Waals surface area (Å²) < 4.78 is 0.910. The van der Waals surface area contributed by atoms with Crippen LogP contribution < -0.4 is 0 Å². The van der Waals surface area contributed by atoms with Gasteiger partial charge in [0.15, 0.2) is 0 Å². The molecule has 0 bridgehead atoms. The monoisotopic (exact) mass is 267 g/mol. The Morgan fingerprint density at radius 2 is 1.94 bits per heavy atom. The van der Waals surface area contributed by atoms with Crippen molar-refractivity contribution < 1.29 is 9.59 Å². The molecule has 0 fully saturated rings. The van der Waals surface area contributed by atoms with Crippen LogP contribution in [0.5, 0.6) is 0 Å². The zero-order valence-corrected chi connectivity index (χ0v) is 10.9. The molecule has 88 valence electrons. The molecule has 2 aromatic rings.